The van der Waals surface area contributed by atoms with E-state index in [9.17, 15) is 8.42 Å². The summed E-state index contributed by atoms with van der Waals surface area (Å²) in [5.74, 6) is 5.41. The first-order valence-electron chi connectivity index (χ1n) is 5.42. The van der Waals surface area contributed by atoms with E-state index in [1.165, 1.54) is 12.3 Å². The van der Waals surface area contributed by atoms with Gasteiger partial charge in [-0.15, -0.1) is 0 Å². The third kappa shape index (κ3) is 2.41. The number of pyridine rings is 1. The SMILES string of the molecule is CC1(NS(=O)(=O)c2cccnc2NN)CCC1. The molecule has 0 bridgehead atoms. The zero-order valence-corrected chi connectivity index (χ0v) is 10.4. The molecule has 0 aromatic carbocycles. The second-order valence-electron chi connectivity index (χ2n) is 4.51. The number of nitrogens with two attached hydrogens (primary N) is 1. The summed E-state index contributed by atoms with van der Waals surface area (Å²) in [6.07, 6.45) is 4.25. The van der Waals surface area contributed by atoms with E-state index in [0.717, 1.165) is 19.3 Å². The highest BCUT2D eigenvalue weighted by Gasteiger charge is 2.36. The number of anilines is 1. The number of nitrogens with zero attached hydrogens (tertiary/aromatic N) is 1. The van der Waals surface area contributed by atoms with Crippen LogP contribution in [-0.2, 0) is 10.0 Å². The predicted octanol–water partition coefficient (Wildman–Crippen LogP) is 0.588. The van der Waals surface area contributed by atoms with Crippen molar-refractivity contribution in [3.63, 3.8) is 0 Å². The molecule has 4 N–H and O–H groups in total. The molecule has 1 aliphatic rings. The average Bonchev–Trinajstić information content (AvgIpc) is 2.26. The third-order valence-corrected chi connectivity index (χ3v) is 4.70. The minimum absolute atomic E-state index is 0.0793. The Bertz CT molecular complexity index is 511. The molecule has 1 saturated carbocycles. The van der Waals surface area contributed by atoms with Crippen LogP contribution in [0.4, 0.5) is 5.82 Å². The number of aromatic nitrogens is 1. The summed E-state index contributed by atoms with van der Waals surface area (Å²) in [6.45, 7) is 1.90. The average molecular weight is 256 g/mol. The Hall–Kier alpha value is -1.18. The molecule has 1 fully saturated rings. The molecular formula is C10H16N4O2S. The van der Waals surface area contributed by atoms with E-state index in [4.69, 9.17) is 5.84 Å². The second kappa shape index (κ2) is 4.25. The molecule has 0 saturated heterocycles. The van der Waals surface area contributed by atoms with E-state index < -0.39 is 10.0 Å². The van der Waals surface area contributed by atoms with Gasteiger partial charge in [-0.2, -0.15) is 0 Å². The normalized spacial score (nSPS) is 18.5. The van der Waals surface area contributed by atoms with E-state index in [1.54, 1.807) is 6.07 Å². The lowest BCUT2D eigenvalue weighted by molar-refractivity contribution is 0.248. The fourth-order valence-corrected chi connectivity index (χ4v) is 3.49. The van der Waals surface area contributed by atoms with Crippen molar-refractivity contribution < 1.29 is 8.42 Å². The van der Waals surface area contributed by atoms with Crippen molar-refractivity contribution in [3.05, 3.63) is 18.3 Å². The number of nitrogens with one attached hydrogen (secondary N) is 2. The number of sulfonamides is 1. The summed E-state index contributed by atoms with van der Waals surface area (Å²) < 4.78 is 27.0. The molecule has 7 heteroatoms. The standard InChI is InChI=1S/C10H16N4O2S/c1-10(5-3-6-10)14-17(15,16)8-4-2-7-12-9(8)13-11/h2,4,7,14H,3,5-6,11H2,1H3,(H,12,13). The van der Waals surface area contributed by atoms with Crippen LogP contribution in [0, 0.1) is 0 Å². The molecule has 1 aliphatic carbocycles. The largest absolute Gasteiger partial charge is 0.307 e. The van der Waals surface area contributed by atoms with Crippen LogP contribution in [0.2, 0.25) is 0 Å². The van der Waals surface area contributed by atoms with Gasteiger partial charge in [0.2, 0.25) is 10.0 Å². The Morgan fingerprint density at radius 3 is 2.71 bits per heavy atom. The molecule has 94 valence electrons. The van der Waals surface area contributed by atoms with E-state index in [-0.39, 0.29) is 16.3 Å². The molecule has 1 aromatic heterocycles. The first kappa shape index (κ1) is 12.3. The molecule has 1 aromatic rings. The van der Waals surface area contributed by atoms with Gasteiger partial charge in [0.25, 0.3) is 0 Å². The van der Waals surface area contributed by atoms with Crippen molar-refractivity contribution in [1.29, 1.82) is 0 Å². The van der Waals surface area contributed by atoms with E-state index >= 15 is 0 Å². The van der Waals surface area contributed by atoms with Crippen molar-refractivity contribution in [1.82, 2.24) is 9.71 Å². The van der Waals surface area contributed by atoms with Gasteiger partial charge in [-0.05, 0) is 38.3 Å². The molecule has 0 radical (unpaired) electrons. The van der Waals surface area contributed by atoms with Crippen molar-refractivity contribution >= 4 is 15.8 Å². The highest BCUT2D eigenvalue weighted by molar-refractivity contribution is 7.89. The summed E-state index contributed by atoms with van der Waals surface area (Å²) in [5.41, 5.74) is 1.96. The number of nitrogen functional groups attached to an aromatic ring is 1. The van der Waals surface area contributed by atoms with Crippen molar-refractivity contribution in [2.45, 2.75) is 36.6 Å². The van der Waals surface area contributed by atoms with Gasteiger partial charge in [-0.3, -0.25) is 0 Å². The lowest BCUT2D eigenvalue weighted by Gasteiger charge is -2.38. The first-order chi connectivity index (χ1) is 7.97. The molecule has 0 spiro atoms. The maximum atomic E-state index is 12.2. The molecule has 1 heterocycles. The van der Waals surface area contributed by atoms with Crippen LogP contribution in [0.1, 0.15) is 26.2 Å². The lowest BCUT2D eigenvalue weighted by atomic mass is 9.80. The Morgan fingerprint density at radius 2 is 2.18 bits per heavy atom. The number of hydrazine groups is 1. The summed E-state index contributed by atoms with van der Waals surface area (Å²) in [7, 11) is -3.58. The van der Waals surface area contributed by atoms with Crippen molar-refractivity contribution in [2.75, 3.05) is 5.43 Å². The molecule has 2 rings (SSSR count). The second-order valence-corrected chi connectivity index (χ2v) is 6.17. The quantitative estimate of drug-likeness (QED) is 0.541. The topological polar surface area (TPSA) is 97.1 Å². The fourth-order valence-electron chi connectivity index (χ4n) is 1.90. The summed E-state index contributed by atoms with van der Waals surface area (Å²) in [5, 5.41) is 0. The first-order valence-corrected chi connectivity index (χ1v) is 6.91. The number of hydrogen-bond donors (Lipinski definition) is 3. The van der Waals surface area contributed by atoms with Gasteiger partial charge < -0.3 is 5.43 Å². The van der Waals surface area contributed by atoms with Gasteiger partial charge in [0.15, 0.2) is 5.82 Å². The number of rotatable bonds is 4. The monoisotopic (exact) mass is 256 g/mol. The third-order valence-electron chi connectivity index (χ3n) is 3.03. The van der Waals surface area contributed by atoms with E-state index in [1.807, 2.05) is 6.92 Å². The van der Waals surface area contributed by atoms with Crippen molar-refractivity contribution in [3.8, 4) is 0 Å². The lowest BCUT2D eigenvalue weighted by Crippen LogP contribution is -2.50. The smallest absolute Gasteiger partial charge is 0.244 e. The number of hydrogen-bond acceptors (Lipinski definition) is 5. The van der Waals surface area contributed by atoms with Crippen LogP contribution in [0.5, 0.6) is 0 Å². The highest BCUT2D eigenvalue weighted by atomic mass is 32.2. The van der Waals surface area contributed by atoms with Gasteiger partial charge in [0, 0.05) is 11.7 Å². The van der Waals surface area contributed by atoms with E-state index in [0.29, 0.717) is 0 Å². The summed E-state index contributed by atoms with van der Waals surface area (Å²) in [4.78, 5) is 3.96. The van der Waals surface area contributed by atoms with Gasteiger partial charge >= 0.3 is 0 Å². The molecule has 6 nitrogen and oxygen atoms in total. The minimum atomic E-state index is -3.58. The Morgan fingerprint density at radius 1 is 1.47 bits per heavy atom. The zero-order valence-electron chi connectivity index (χ0n) is 9.60. The van der Waals surface area contributed by atoms with Crippen LogP contribution in [0.15, 0.2) is 23.2 Å². The van der Waals surface area contributed by atoms with E-state index in [2.05, 4.69) is 15.1 Å². The molecule has 0 amide bonds. The van der Waals surface area contributed by atoms with Gasteiger partial charge in [-0.25, -0.2) is 24.0 Å². The Labute approximate surface area is 101 Å². The maximum Gasteiger partial charge on any atom is 0.244 e. The maximum absolute atomic E-state index is 12.2. The van der Waals surface area contributed by atoms with Crippen LogP contribution >= 0.6 is 0 Å². The molecule has 0 unspecified atom stereocenters. The summed E-state index contributed by atoms with van der Waals surface area (Å²) in [6, 6.07) is 3.05. The van der Waals surface area contributed by atoms with Crippen LogP contribution in [-0.4, -0.2) is 18.9 Å². The molecule has 0 atom stereocenters. The molecular weight excluding hydrogens is 240 g/mol. The summed E-state index contributed by atoms with van der Waals surface area (Å²) >= 11 is 0. The fraction of sp³-hybridized carbons (Fsp3) is 0.500. The Balaban J connectivity index is 2.31. The van der Waals surface area contributed by atoms with Crippen LogP contribution in [0.25, 0.3) is 0 Å². The van der Waals surface area contributed by atoms with Crippen LogP contribution in [0.3, 0.4) is 0 Å². The van der Waals surface area contributed by atoms with Gasteiger partial charge in [0.1, 0.15) is 4.90 Å². The predicted molar refractivity (Wildman–Crippen MR) is 64.6 cm³/mol. The molecule has 17 heavy (non-hydrogen) atoms. The van der Waals surface area contributed by atoms with Crippen molar-refractivity contribution in [2.24, 2.45) is 5.84 Å². The Kier molecular flexibility index (Phi) is 3.07. The highest BCUT2D eigenvalue weighted by Crippen LogP contribution is 2.33. The van der Waals surface area contributed by atoms with Crippen LogP contribution < -0.4 is 16.0 Å². The van der Waals surface area contributed by atoms with Gasteiger partial charge in [-0.1, -0.05) is 0 Å². The van der Waals surface area contributed by atoms with Gasteiger partial charge in [0.05, 0.1) is 0 Å². The zero-order chi connectivity index (χ0) is 12.5. The molecule has 0 aliphatic heterocycles. The minimum Gasteiger partial charge on any atom is -0.307 e.